The number of benzene rings is 1. The van der Waals surface area contributed by atoms with Crippen LogP contribution in [0.15, 0.2) is 24.3 Å². The van der Waals surface area contributed by atoms with Crippen LogP contribution in [0.3, 0.4) is 0 Å². The van der Waals surface area contributed by atoms with Gasteiger partial charge in [-0.15, -0.1) is 0 Å². The van der Waals surface area contributed by atoms with Crippen LogP contribution < -0.4 is 10.2 Å². The molecule has 5 heteroatoms. The normalized spacial score (nSPS) is 18.8. The van der Waals surface area contributed by atoms with Crippen LogP contribution in [0.4, 0.5) is 11.4 Å². The molecule has 1 unspecified atom stereocenters. The Morgan fingerprint density at radius 1 is 1.56 bits per heavy atom. The van der Waals surface area contributed by atoms with E-state index in [2.05, 4.69) is 17.1 Å². The van der Waals surface area contributed by atoms with Crippen molar-refractivity contribution in [2.24, 2.45) is 0 Å². The largest absolute Gasteiger partial charge is 0.367 e. The lowest BCUT2D eigenvalue weighted by molar-refractivity contribution is -0.384. The molecule has 0 saturated carbocycles. The lowest BCUT2D eigenvalue weighted by Crippen LogP contribution is -2.37. The van der Waals surface area contributed by atoms with Gasteiger partial charge in [0.05, 0.1) is 4.92 Å². The molecule has 0 aliphatic carbocycles. The van der Waals surface area contributed by atoms with Crippen molar-refractivity contribution in [3.8, 4) is 0 Å². The first kappa shape index (κ1) is 12.8. The van der Waals surface area contributed by atoms with Crippen molar-refractivity contribution >= 4 is 11.4 Å². The topological polar surface area (TPSA) is 58.4 Å². The zero-order valence-electron chi connectivity index (χ0n) is 10.6. The van der Waals surface area contributed by atoms with Gasteiger partial charge in [-0.3, -0.25) is 10.1 Å². The molecule has 5 nitrogen and oxygen atoms in total. The Hall–Kier alpha value is -1.62. The average molecular weight is 249 g/mol. The third-order valence-electron chi connectivity index (χ3n) is 3.31. The number of hydrogen-bond acceptors (Lipinski definition) is 4. The third kappa shape index (κ3) is 2.79. The molecule has 0 radical (unpaired) electrons. The Morgan fingerprint density at radius 3 is 3.00 bits per heavy atom. The number of nitro benzene ring substituents is 1. The first-order valence-electron chi connectivity index (χ1n) is 6.44. The Balaban J connectivity index is 2.23. The second-order valence-electron chi connectivity index (χ2n) is 4.62. The summed E-state index contributed by atoms with van der Waals surface area (Å²) in [6.07, 6.45) is 2.14. The summed E-state index contributed by atoms with van der Waals surface area (Å²) in [5.74, 6) is 0. The van der Waals surface area contributed by atoms with Crippen molar-refractivity contribution in [2.45, 2.75) is 25.8 Å². The molecule has 0 amide bonds. The highest BCUT2D eigenvalue weighted by molar-refractivity contribution is 5.54. The van der Waals surface area contributed by atoms with E-state index in [1.54, 1.807) is 18.2 Å². The number of nitrogens with one attached hydrogen (secondary N) is 1. The lowest BCUT2D eigenvalue weighted by Gasteiger charge is -2.30. The molecule has 1 fully saturated rings. The van der Waals surface area contributed by atoms with Crippen molar-refractivity contribution in [2.75, 3.05) is 24.5 Å². The van der Waals surface area contributed by atoms with Gasteiger partial charge in [-0.05, 0) is 25.5 Å². The molecule has 1 heterocycles. The molecule has 1 aromatic rings. The van der Waals surface area contributed by atoms with Gasteiger partial charge < -0.3 is 10.2 Å². The highest BCUT2D eigenvalue weighted by Gasteiger charge is 2.22. The van der Waals surface area contributed by atoms with Crippen LogP contribution in [0, 0.1) is 10.1 Å². The molecule has 98 valence electrons. The van der Waals surface area contributed by atoms with E-state index in [0.29, 0.717) is 6.04 Å². The van der Waals surface area contributed by atoms with E-state index in [0.717, 1.165) is 38.2 Å². The predicted octanol–water partition coefficient (Wildman–Crippen LogP) is 2.17. The van der Waals surface area contributed by atoms with Gasteiger partial charge >= 0.3 is 0 Å². The van der Waals surface area contributed by atoms with Crippen molar-refractivity contribution in [3.63, 3.8) is 0 Å². The minimum Gasteiger partial charge on any atom is -0.367 e. The highest BCUT2D eigenvalue weighted by Crippen LogP contribution is 2.24. The molecule has 1 aliphatic heterocycles. The van der Waals surface area contributed by atoms with Crippen molar-refractivity contribution in [1.82, 2.24) is 5.32 Å². The quantitative estimate of drug-likeness (QED) is 0.642. The van der Waals surface area contributed by atoms with E-state index in [9.17, 15) is 10.1 Å². The summed E-state index contributed by atoms with van der Waals surface area (Å²) < 4.78 is 0. The first-order valence-corrected chi connectivity index (χ1v) is 6.44. The maximum Gasteiger partial charge on any atom is 0.271 e. The molecule has 0 spiro atoms. The van der Waals surface area contributed by atoms with Crippen LogP contribution in [-0.2, 0) is 0 Å². The maximum absolute atomic E-state index is 10.8. The summed E-state index contributed by atoms with van der Waals surface area (Å²) in [5, 5.41) is 14.2. The number of rotatable bonds is 5. The summed E-state index contributed by atoms with van der Waals surface area (Å²) in [6, 6.07) is 7.39. The molecule has 1 atom stereocenters. The molecular weight excluding hydrogens is 230 g/mol. The molecule has 1 N–H and O–H groups in total. The third-order valence-corrected chi connectivity index (χ3v) is 3.31. The Bertz CT molecular complexity index is 416. The van der Waals surface area contributed by atoms with Gasteiger partial charge in [0.25, 0.3) is 5.69 Å². The van der Waals surface area contributed by atoms with E-state index in [-0.39, 0.29) is 10.6 Å². The molecular formula is C13H19N3O2. The van der Waals surface area contributed by atoms with Gasteiger partial charge in [0.2, 0.25) is 0 Å². The summed E-state index contributed by atoms with van der Waals surface area (Å²) in [5.41, 5.74) is 1.12. The van der Waals surface area contributed by atoms with E-state index >= 15 is 0 Å². The smallest absolute Gasteiger partial charge is 0.271 e. The van der Waals surface area contributed by atoms with Crippen LogP contribution in [0.5, 0.6) is 0 Å². The maximum atomic E-state index is 10.8. The van der Waals surface area contributed by atoms with Crippen LogP contribution in [0.25, 0.3) is 0 Å². The SMILES string of the molecule is CCCN(c1cccc([N+](=O)[O-])c1)C1CCNC1. The number of nitro groups is 1. The Morgan fingerprint density at radius 2 is 2.39 bits per heavy atom. The highest BCUT2D eigenvalue weighted by atomic mass is 16.6. The molecule has 18 heavy (non-hydrogen) atoms. The molecule has 0 bridgehead atoms. The van der Waals surface area contributed by atoms with Crippen molar-refractivity contribution in [3.05, 3.63) is 34.4 Å². The van der Waals surface area contributed by atoms with Crippen LogP contribution >= 0.6 is 0 Å². The van der Waals surface area contributed by atoms with Gasteiger partial charge in [-0.1, -0.05) is 13.0 Å². The summed E-state index contributed by atoms with van der Waals surface area (Å²) in [7, 11) is 0. The Labute approximate surface area is 107 Å². The minimum absolute atomic E-state index is 0.166. The van der Waals surface area contributed by atoms with Crippen LogP contribution in [-0.4, -0.2) is 30.6 Å². The van der Waals surface area contributed by atoms with Gasteiger partial charge in [0.15, 0.2) is 0 Å². The second-order valence-corrected chi connectivity index (χ2v) is 4.62. The lowest BCUT2D eigenvalue weighted by atomic mass is 10.1. The van der Waals surface area contributed by atoms with Gasteiger partial charge in [0, 0.05) is 37.0 Å². The predicted molar refractivity (Wildman–Crippen MR) is 72.0 cm³/mol. The fourth-order valence-corrected chi connectivity index (χ4v) is 2.45. The van der Waals surface area contributed by atoms with Crippen molar-refractivity contribution < 1.29 is 4.92 Å². The zero-order valence-corrected chi connectivity index (χ0v) is 10.6. The minimum atomic E-state index is -0.333. The fraction of sp³-hybridized carbons (Fsp3) is 0.538. The standard InChI is InChI=1S/C13H19N3O2/c1-2-8-15(13-6-7-14-10-13)11-4-3-5-12(9-11)16(17)18/h3-5,9,13-14H,2,6-8,10H2,1H3. The van der Waals surface area contributed by atoms with E-state index in [4.69, 9.17) is 0 Å². The van der Waals surface area contributed by atoms with Gasteiger partial charge in [-0.25, -0.2) is 0 Å². The zero-order chi connectivity index (χ0) is 13.0. The number of hydrogen-bond donors (Lipinski definition) is 1. The number of non-ortho nitro benzene ring substituents is 1. The monoisotopic (exact) mass is 249 g/mol. The number of nitrogens with zero attached hydrogens (tertiary/aromatic N) is 2. The van der Waals surface area contributed by atoms with E-state index in [1.807, 2.05) is 6.07 Å². The second kappa shape index (κ2) is 5.82. The summed E-state index contributed by atoms with van der Waals surface area (Å²) in [4.78, 5) is 12.8. The summed E-state index contributed by atoms with van der Waals surface area (Å²) in [6.45, 7) is 5.06. The average Bonchev–Trinajstić information content (AvgIpc) is 2.89. The number of anilines is 1. The van der Waals surface area contributed by atoms with Gasteiger partial charge in [0.1, 0.15) is 0 Å². The summed E-state index contributed by atoms with van der Waals surface area (Å²) >= 11 is 0. The molecule has 0 aromatic heterocycles. The van der Waals surface area contributed by atoms with E-state index in [1.165, 1.54) is 0 Å². The Kier molecular flexibility index (Phi) is 4.15. The van der Waals surface area contributed by atoms with E-state index < -0.39 is 0 Å². The molecule has 2 rings (SSSR count). The fourth-order valence-electron chi connectivity index (χ4n) is 2.45. The van der Waals surface area contributed by atoms with Crippen LogP contribution in [0.2, 0.25) is 0 Å². The van der Waals surface area contributed by atoms with Crippen LogP contribution in [0.1, 0.15) is 19.8 Å². The first-order chi connectivity index (χ1) is 8.72. The molecule has 1 aliphatic rings. The molecule has 1 aromatic carbocycles. The van der Waals surface area contributed by atoms with Gasteiger partial charge in [-0.2, -0.15) is 0 Å². The molecule has 1 saturated heterocycles. The van der Waals surface area contributed by atoms with Crippen molar-refractivity contribution in [1.29, 1.82) is 0 Å².